The lowest BCUT2D eigenvalue weighted by Gasteiger charge is -2.29. The Hall–Kier alpha value is -2.21. The summed E-state index contributed by atoms with van der Waals surface area (Å²) in [5, 5.41) is 11.9. The smallest absolute Gasteiger partial charge is 0.280 e. The van der Waals surface area contributed by atoms with E-state index in [2.05, 4.69) is 40.8 Å². The Bertz CT molecular complexity index is 791. The second-order valence-corrected chi connectivity index (χ2v) is 7.14. The van der Waals surface area contributed by atoms with E-state index < -0.39 is 0 Å². The van der Waals surface area contributed by atoms with Gasteiger partial charge < -0.3 is 10.2 Å². The SMILES string of the molecule is Cc1ccc2c(c1)CCCN2C(=O)c1nnn(C2CCNCC2)c1C. The van der Waals surface area contributed by atoms with Gasteiger partial charge in [0.2, 0.25) is 0 Å². The van der Waals surface area contributed by atoms with Crippen molar-refractivity contribution in [1.29, 1.82) is 0 Å². The Morgan fingerprint density at radius 2 is 2.04 bits per heavy atom. The first-order chi connectivity index (χ1) is 12.1. The number of hydrogen-bond donors (Lipinski definition) is 1. The molecule has 0 radical (unpaired) electrons. The summed E-state index contributed by atoms with van der Waals surface area (Å²) in [5.41, 5.74) is 4.89. The van der Waals surface area contributed by atoms with Gasteiger partial charge in [-0.3, -0.25) is 4.79 Å². The van der Waals surface area contributed by atoms with E-state index in [-0.39, 0.29) is 5.91 Å². The predicted octanol–water partition coefficient (Wildman–Crippen LogP) is 2.41. The summed E-state index contributed by atoms with van der Waals surface area (Å²) in [6.45, 7) is 6.79. The fourth-order valence-corrected chi connectivity index (χ4v) is 4.00. The van der Waals surface area contributed by atoms with Crippen molar-refractivity contribution >= 4 is 11.6 Å². The van der Waals surface area contributed by atoms with Crippen molar-refractivity contribution in [2.24, 2.45) is 0 Å². The van der Waals surface area contributed by atoms with Crippen LogP contribution in [0, 0.1) is 13.8 Å². The molecule has 1 aromatic carbocycles. The first kappa shape index (κ1) is 16.3. The van der Waals surface area contributed by atoms with Crippen molar-refractivity contribution in [3.63, 3.8) is 0 Å². The van der Waals surface area contributed by atoms with E-state index in [9.17, 15) is 4.79 Å². The second kappa shape index (κ2) is 6.59. The number of benzene rings is 1. The average Bonchev–Trinajstić information content (AvgIpc) is 3.02. The highest BCUT2D eigenvalue weighted by Gasteiger charge is 2.29. The van der Waals surface area contributed by atoms with Crippen molar-refractivity contribution < 1.29 is 4.79 Å². The molecule has 25 heavy (non-hydrogen) atoms. The van der Waals surface area contributed by atoms with Gasteiger partial charge in [-0.2, -0.15) is 0 Å². The molecule has 0 unspecified atom stereocenters. The summed E-state index contributed by atoms with van der Waals surface area (Å²) in [7, 11) is 0. The van der Waals surface area contributed by atoms with E-state index in [1.54, 1.807) is 0 Å². The highest BCUT2D eigenvalue weighted by Crippen LogP contribution is 2.30. The Morgan fingerprint density at radius 3 is 2.84 bits per heavy atom. The van der Waals surface area contributed by atoms with Gasteiger partial charge in [-0.15, -0.1) is 5.10 Å². The molecule has 0 bridgehead atoms. The van der Waals surface area contributed by atoms with Gasteiger partial charge in [0.05, 0.1) is 11.7 Å². The van der Waals surface area contributed by atoms with E-state index in [0.29, 0.717) is 11.7 Å². The zero-order valence-corrected chi connectivity index (χ0v) is 15.0. The summed E-state index contributed by atoms with van der Waals surface area (Å²) in [6.07, 6.45) is 4.08. The maximum absolute atomic E-state index is 13.2. The van der Waals surface area contributed by atoms with Gasteiger partial charge in [-0.1, -0.05) is 22.9 Å². The maximum atomic E-state index is 13.2. The molecule has 1 N–H and O–H groups in total. The summed E-state index contributed by atoms with van der Waals surface area (Å²) < 4.78 is 1.95. The normalized spacial score (nSPS) is 18.2. The van der Waals surface area contributed by atoms with Gasteiger partial charge in [0, 0.05) is 12.2 Å². The molecule has 132 valence electrons. The van der Waals surface area contributed by atoms with E-state index >= 15 is 0 Å². The minimum absolute atomic E-state index is 0.0255. The van der Waals surface area contributed by atoms with Crippen molar-refractivity contribution in [1.82, 2.24) is 20.3 Å². The second-order valence-electron chi connectivity index (χ2n) is 7.14. The molecule has 2 aliphatic rings. The van der Waals surface area contributed by atoms with Crippen molar-refractivity contribution in [3.05, 3.63) is 40.7 Å². The third-order valence-electron chi connectivity index (χ3n) is 5.38. The number of carbonyl (C=O) groups excluding carboxylic acids is 1. The van der Waals surface area contributed by atoms with Crippen LogP contribution in [0.5, 0.6) is 0 Å². The molecule has 3 heterocycles. The monoisotopic (exact) mass is 339 g/mol. The molecular formula is C19H25N5O. The van der Waals surface area contributed by atoms with Crippen molar-refractivity contribution in [2.75, 3.05) is 24.5 Å². The lowest BCUT2D eigenvalue weighted by Crippen LogP contribution is -2.36. The van der Waals surface area contributed by atoms with Crippen LogP contribution in [-0.2, 0) is 6.42 Å². The van der Waals surface area contributed by atoms with Gasteiger partial charge in [0.25, 0.3) is 5.91 Å². The largest absolute Gasteiger partial charge is 0.317 e. The molecule has 2 aliphatic heterocycles. The minimum Gasteiger partial charge on any atom is -0.317 e. The summed E-state index contributed by atoms with van der Waals surface area (Å²) >= 11 is 0. The van der Waals surface area contributed by atoms with Gasteiger partial charge in [-0.05, 0) is 64.3 Å². The molecule has 1 aromatic heterocycles. The average molecular weight is 339 g/mol. The molecule has 6 nitrogen and oxygen atoms in total. The lowest BCUT2D eigenvalue weighted by atomic mass is 9.99. The number of anilines is 1. The molecular weight excluding hydrogens is 314 g/mol. The molecule has 0 saturated carbocycles. The number of fused-ring (bicyclic) bond motifs is 1. The highest BCUT2D eigenvalue weighted by molar-refractivity contribution is 6.06. The number of hydrogen-bond acceptors (Lipinski definition) is 4. The molecule has 1 saturated heterocycles. The Labute approximate surface area is 148 Å². The quantitative estimate of drug-likeness (QED) is 0.913. The Balaban J connectivity index is 1.63. The number of piperidine rings is 1. The number of aryl methyl sites for hydroxylation is 2. The van der Waals surface area contributed by atoms with Crippen LogP contribution in [0.25, 0.3) is 0 Å². The molecule has 4 rings (SSSR count). The van der Waals surface area contributed by atoms with E-state index in [4.69, 9.17) is 0 Å². The number of rotatable bonds is 2. The van der Waals surface area contributed by atoms with Crippen LogP contribution in [0.15, 0.2) is 18.2 Å². The lowest BCUT2D eigenvalue weighted by molar-refractivity contribution is 0.0979. The fraction of sp³-hybridized carbons (Fsp3) is 0.526. The van der Waals surface area contributed by atoms with E-state index in [1.165, 1.54) is 11.1 Å². The Kier molecular flexibility index (Phi) is 4.29. The van der Waals surface area contributed by atoms with Crippen LogP contribution >= 0.6 is 0 Å². The van der Waals surface area contributed by atoms with Gasteiger partial charge >= 0.3 is 0 Å². The molecule has 0 aliphatic carbocycles. The van der Waals surface area contributed by atoms with Crippen LogP contribution in [0.3, 0.4) is 0 Å². The molecule has 1 amide bonds. The van der Waals surface area contributed by atoms with Gasteiger partial charge in [0.15, 0.2) is 5.69 Å². The number of carbonyl (C=O) groups is 1. The molecule has 0 spiro atoms. The third kappa shape index (κ3) is 2.95. The van der Waals surface area contributed by atoms with Gasteiger partial charge in [-0.25, -0.2) is 4.68 Å². The predicted molar refractivity (Wildman–Crippen MR) is 97.1 cm³/mol. The fourth-order valence-electron chi connectivity index (χ4n) is 4.00. The van der Waals surface area contributed by atoms with E-state index in [1.807, 2.05) is 16.5 Å². The van der Waals surface area contributed by atoms with Crippen LogP contribution in [0.4, 0.5) is 5.69 Å². The number of aromatic nitrogens is 3. The van der Waals surface area contributed by atoms with Crippen molar-refractivity contribution in [3.8, 4) is 0 Å². The highest BCUT2D eigenvalue weighted by atomic mass is 16.2. The van der Waals surface area contributed by atoms with E-state index in [0.717, 1.165) is 56.7 Å². The third-order valence-corrected chi connectivity index (χ3v) is 5.38. The first-order valence-corrected chi connectivity index (χ1v) is 9.19. The summed E-state index contributed by atoms with van der Waals surface area (Å²) in [4.78, 5) is 15.0. The zero-order chi connectivity index (χ0) is 17.4. The first-order valence-electron chi connectivity index (χ1n) is 9.19. The summed E-state index contributed by atoms with van der Waals surface area (Å²) in [5.74, 6) is -0.0255. The van der Waals surface area contributed by atoms with Crippen LogP contribution in [0.2, 0.25) is 0 Å². The minimum atomic E-state index is -0.0255. The topological polar surface area (TPSA) is 63.1 Å². The number of nitrogens with one attached hydrogen (secondary N) is 1. The maximum Gasteiger partial charge on any atom is 0.280 e. The molecule has 2 aromatic rings. The number of nitrogens with zero attached hydrogens (tertiary/aromatic N) is 4. The Morgan fingerprint density at radius 1 is 1.24 bits per heavy atom. The zero-order valence-electron chi connectivity index (χ0n) is 15.0. The van der Waals surface area contributed by atoms with Crippen LogP contribution in [-0.4, -0.2) is 40.5 Å². The van der Waals surface area contributed by atoms with Gasteiger partial charge in [0.1, 0.15) is 0 Å². The van der Waals surface area contributed by atoms with Crippen LogP contribution < -0.4 is 10.2 Å². The number of amides is 1. The van der Waals surface area contributed by atoms with Crippen LogP contribution in [0.1, 0.15) is 52.6 Å². The standard InChI is InChI=1S/C19H25N5O/c1-13-5-6-17-15(12-13)4-3-11-23(17)19(25)18-14(2)24(22-21-18)16-7-9-20-10-8-16/h5-6,12,16,20H,3-4,7-11H2,1-2H3. The summed E-state index contributed by atoms with van der Waals surface area (Å²) in [6, 6.07) is 6.66. The molecule has 0 atom stereocenters. The molecule has 1 fully saturated rings. The van der Waals surface area contributed by atoms with Crippen molar-refractivity contribution in [2.45, 2.75) is 45.6 Å². The molecule has 6 heteroatoms.